The lowest BCUT2D eigenvalue weighted by molar-refractivity contribution is -0.200. The summed E-state index contributed by atoms with van der Waals surface area (Å²) in [5.74, 6) is 1.70. The van der Waals surface area contributed by atoms with E-state index in [1.807, 2.05) is 6.07 Å². The Kier molecular flexibility index (Phi) is 9.80. The van der Waals surface area contributed by atoms with Crippen LogP contribution in [0.25, 0.3) is 0 Å². The molecule has 2 saturated carbocycles. The number of rotatable bonds is 16. The Balaban J connectivity index is 1.04. The van der Waals surface area contributed by atoms with Crippen molar-refractivity contribution >= 4 is 5.97 Å². The molecule has 5 aliphatic rings. The molecule has 6 heteroatoms. The Labute approximate surface area is 299 Å². The maximum Gasteiger partial charge on any atom is 0.308 e. The molecule has 2 bridgehead atoms. The first kappa shape index (κ1) is 33.9. The molecular formula is C44H56N2O4. The van der Waals surface area contributed by atoms with Gasteiger partial charge in [0.05, 0.1) is 11.0 Å². The molecule has 0 aromatic heterocycles. The van der Waals surface area contributed by atoms with Gasteiger partial charge in [-0.25, -0.2) is 0 Å². The minimum Gasteiger partial charge on any atom is -0.483 e. The number of unbranched alkanes of at least 4 members (excludes halogenated alkanes) is 4. The van der Waals surface area contributed by atoms with Crippen LogP contribution in [0.5, 0.6) is 11.5 Å². The van der Waals surface area contributed by atoms with E-state index in [2.05, 4.69) is 76.5 Å². The minimum atomic E-state index is -0.856. The van der Waals surface area contributed by atoms with Crippen molar-refractivity contribution in [3.63, 3.8) is 0 Å². The van der Waals surface area contributed by atoms with E-state index >= 15 is 0 Å². The normalized spacial score (nSPS) is 27.9. The first-order chi connectivity index (χ1) is 24.5. The summed E-state index contributed by atoms with van der Waals surface area (Å²) in [6.45, 7) is 5.64. The van der Waals surface area contributed by atoms with Crippen molar-refractivity contribution in [1.29, 1.82) is 0 Å². The van der Waals surface area contributed by atoms with E-state index in [-0.39, 0.29) is 24.2 Å². The number of hydrogen-bond acceptors (Lipinski definition) is 6. The smallest absolute Gasteiger partial charge is 0.308 e. The molecule has 0 radical (unpaired) electrons. The zero-order valence-corrected chi connectivity index (χ0v) is 30.0. The van der Waals surface area contributed by atoms with Crippen molar-refractivity contribution in [2.45, 2.75) is 126 Å². The molecule has 50 heavy (non-hydrogen) atoms. The Hall–Kier alpha value is -3.19. The second kappa shape index (κ2) is 14.4. The summed E-state index contributed by atoms with van der Waals surface area (Å²) in [4.78, 5) is 17.7. The molecule has 2 aliphatic heterocycles. The topological polar surface area (TPSA) is 62.2 Å². The average molecular weight is 677 g/mol. The van der Waals surface area contributed by atoms with E-state index in [4.69, 9.17) is 9.47 Å². The summed E-state index contributed by atoms with van der Waals surface area (Å²) < 4.78 is 13.0. The summed E-state index contributed by atoms with van der Waals surface area (Å²) in [5, 5.41) is 13.1. The van der Waals surface area contributed by atoms with Crippen LogP contribution >= 0.6 is 0 Å². The number of piperidine rings is 1. The molecule has 1 spiro atoms. The van der Waals surface area contributed by atoms with Crippen LogP contribution in [0.15, 0.2) is 72.8 Å². The second-order valence-electron chi connectivity index (χ2n) is 16.1. The van der Waals surface area contributed by atoms with Crippen molar-refractivity contribution in [2.75, 3.05) is 26.2 Å². The Bertz CT molecular complexity index is 1630. The fourth-order valence-corrected chi connectivity index (χ4v) is 10.4. The Morgan fingerprint density at radius 1 is 0.860 bits per heavy atom. The number of likely N-dealkylation sites (tertiary alicyclic amines) is 1. The SMILES string of the molecule is CC(=O)Oc1ccc2c3c1O[C@H]1[C@H](N(CCCCCCc4ccccc4)CCCCc4ccccc4)CC[C@@]4(O)[C@@H](C2)N(CC2CC2)CC[C@]314. The van der Waals surface area contributed by atoms with Crippen LogP contribution in [-0.4, -0.2) is 70.8 Å². The highest BCUT2D eigenvalue weighted by Crippen LogP contribution is 2.66. The van der Waals surface area contributed by atoms with Crippen molar-refractivity contribution in [1.82, 2.24) is 9.80 Å². The van der Waals surface area contributed by atoms with Crippen molar-refractivity contribution < 1.29 is 19.4 Å². The third-order valence-corrected chi connectivity index (χ3v) is 12.9. The fourth-order valence-electron chi connectivity index (χ4n) is 10.4. The number of hydrogen-bond donors (Lipinski definition) is 1. The zero-order chi connectivity index (χ0) is 34.1. The summed E-state index contributed by atoms with van der Waals surface area (Å²) in [7, 11) is 0. The lowest BCUT2D eigenvalue weighted by atomic mass is 9.48. The number of aryl methyl sites for hydroxylation is 2. The number of aliphatic hydroxyl groups is 1. The molecule has 2 heterocycles. The van der Waals surface area contributed by atoms with Gasteiger partial charge in [-0.2, -0.15) is 0 Å². The number of carbonyl (C=O) groups excluding carboxylic acids is 1. The third kappa shape index (κ3) is 6.41. The highest BCUT2D eigenvalue weighted by atomic mass is 16.6. The molecule has 1 N–H and O–H groups in total. The fraction of sp³-hybridized carbons (Fsp3) is 0.568. The average Bonchev–Trinajstić information content (AvgIpc) is 3.87. The first-order valence-electron chi connectivity index (χ1n) is 19.8. The van der Waals surface area contributed by atoms with E-state index in [9.17, 15) is 9.90 Å². The lowest BCUT2D eigenvalue weighted by Gasteiger charge is -2.65. The summed E-state index contributed by atoms with van der Waals surface area (Å²) in [6, 6.07) is 26.1. The molecule has 6 nitrogen and oxygen atoms in total. The maximum atomic E-state index is 13.1. The summed E-state index contributed by atoms with van der Waals surface area (Å²) in [6.07, 6.45) is 15.3. The van der Waals surface area contributed by atoms with Gasteiger partial charge in [-0.15, -0.1) is 0 Å². The van der Waals surface area contributed by atoms with Crippen molar-refractivity contribution in [3.8, 4) is 11.5 Å². The van der Waals surface area contributed by atoms with E-state index in [1.54, 1.807) is 0 Å². The van der Waals surface area contributed by atoms with Gasteiger partial charge < -0.3 is 14.6 Å². The summed E-state index contributed by atoms with van der Waals surface area (Å²) in [5.41, 5.74) is 3.93. The highest BCUT2D eigenvalue weighted by molar-refractivity contribution is 5.72. The Morgan fingerprint density at radius 3 is 2.20 bits per heavy atom. The van der Waals surface area contributed by atoms with Gasteiger partial charge >= 0.3 is 5.97 Å². The van der Waals surface area contributed by atoms with Gasteiger partial charge in [0.25, 0.3) is 0 Å². The second-order valence-corrected chi connectivity index (χ2v) is 16.1. The van der Waals surface area contributed by atoms with E-state index in [1.165, 1.54) is 62.1 Å². The number of benzene rings is 3. The number of ether oxygens (including phenoxy) is 2. The van der Waals surface area contributed by atoms with Crippen LogP contribution in [0.1, 0.15) is 99.8 Å². The van der Waals surface area contributed by atoms with Crippen molar-refractivity contribution in [3.05, 3.63) is 95.1 Å². The quantitative estimate of drug-likeness (QED) is 0.0955. The third-order valence-electron chi connectivity index (χ3n) is 12.9. The van der Waals surface area contributed by atoms with E-state index in [0.717, 1.165) is 94.8 Å². The van der Waals surface area contributed by atoms with Gasteiger partial charge in [0.1, 0.15) is 6.10 Å². The van der Waals surface area contributed by atoms with Gasteiger partial charge in [0, 0.05) is 31.1 Å². The molecule has 266 valence electrons. The van der Waals surface area contributed by atoms with Crippen LogP contribution in [0, 0.1) is 5.92 Å². The minimum absolute atomic E-state index is 0.103. The lowest BCUT2D eigenvalue weighted by Crippen LogP contribution is -2.78. The molecular weight excluding hydrogens is 620 g/mol. The number of esters is 1. The largest absolute Gasteiger partial charge is 0.483 e. The number of carbonyl (C=O) groups is 1. The van der Waals surface area contributed by atoms with E-state index in [0.29, 0.717) is 5.75 Å². The van der Waals surface area contributed by atoms with E-state index < -0.39 is 11.0 Å². The molecule has 8 rings (SSSR count). The van der Waals surface area contributed by atoms with Gasteiger partial charge in [-0.05, 0) is 125 Å². The molecule has 3 aromatic carbocycles. The zero-order valence-electron chi connectivity index (χ0n) is 30.0. The van der Waals surface area contributed by atoms with Crippen LogP contribution in [0.3, 0.4) is 0 Å². The molecule has 3 fully saturated rings. The van der Waals surface area contributed by atoms with Gasteiger partial charge in [-0.3, -0.25) is 14.6 Å². The molecule has 0 amide bonds. The summed E-state index contributed by atoms with van der Waals surface area (Å²) >= 11 is 0. The van der Waals surface area contributed by atoms with Crippen LogP contribution in [0.4, 0.5) is 0 Å². The van der Waals surface area contributed by atoms with Crippen molar-refractivity contribution in [2.24, 2.45) is 5.92 Å². The maximum absolute atomic E-state index is 13.1. The predicted molar refractivity (Wildman–Crippen MR) is 198 cm³/mol. The van der Waals surface area contributed by atoms with Gasteiger partial charge in [0.15, 0.2) is 11.5 Å². The first-order valence-corrected chi connectivity index (χ1v) is 19.8. The molecule has 1 saturated heterocycles. The number of nitrogens with zero attached hydrogens (tertiary/aromatic N) is 2. The predicted octanol–water partition coefficient (Wildman–Crippen LogP) is 7.67. The molecule has 0 unspecified atom stereocenters. The molecule has 3 aliphatic carbocycles. The standard InChI is InChI=1S/C44H56N2O4/c1-32(47)49-38-23-22-36-30-39-44(48)25-24-37(42-43(44,40(36)41(38)50-42)26-29-46(39)31-35-20-21-35)45(28-13-11-19-34-17-9-5-10-18-34)27-12-3-2-6-14-33-15-7-4-8-16-33/h4-5,7-10,15-18,22-23,35,37,39,42,48H,2-3,6,11-14,19-21,24-31H2,1H3/t37-,39-,42+,43+,44-/m1/s1. The molecule has 5 atom stereocenters. The Morgan fingerprint density at radius 2 is 1.52 bits per heavy atom. The highest BCUT2D eigenvalue weighted by Gasteiger charge is 2.73. The van der Waals surface area contributed by atoms with Crippen LogP contribution in [0.2, 0.25) is 0 Å². The molecule has 3 aromatic rings. The van der Waals surface area contributed by atoms with Gasteiger partial charge in [-0.1, -0.05) is 79.6 Å². The van der Waals surface area contributed by atoms with Crippen LogP contribution in [-0.2, 0) is 29.5 Å². The van der Waals surface area contributed by atoms with Gasteiger partial charge in [0.2, 0.25) is 0 Å². The van der Waals surface area contributed by atoms with Crippen LogP contribution < -0.4 is 9.47 Å². The monoisotopic (exact) mass is 676 g/mol.